The van der Waals surface area contributed by atoms with Gasteiger partial charge in [0.1, 0.15) is 5.75 Å². The van der Waals surface area contributed by atoms with Crippen LogP contribution in [0.5, 0.6) is 5.75 Å². The molecule has 1 amide bonds. The van der Waals surface area contributed by atoms with Crippen molar-refractivity contribution >= 4 is 23.2 Å². The minimum atomic E-state index is -0.244. The second-order valence-corrected chi connectivity index (χ2v) is 5.41. The van der Waals surface area contributed by atoms with E-state index in [4.69, 9.17) is 16.3 Å². The molecule has 0 aliphatic rings. The van der Waals surface area contributed by atoms with Crippen LogP contribution in [0.25, 0.3) is 0 Å². The first kappa shape index (κ1) is 15.4. The van der Waals surface area contributed by atoms with Gasteiger partial charge in [-0.05, 0) is 24.6 Å². The van der Waals surface area contributed by atoms with Gasteiger partial charge in [-0.25, -0.2) is 0 Å². The molecule has 1 aromatic heterocycles. The standard InChI is InChI=1S/C15H18ClN3O2/c1-10-4-5-14(21-3)13(6-10)18-15(20)11(2)8-19-9-12(16)7-17-19/h4-7,9,11H,8H2,1-3H3,(H,18,20). The summed E-state index contributed by atoms with van der Waals surface area (Å²) in [5, 5.41) is 7.52. The number of carbonyl (C=O) groups is 1. The number of rotatable bonds is 5. The summed E-state index contributed by atoms with van der Waals surface area (Å²) < 4.78 is 6.91. The number of methoxy groups -OCH3 is 1. The molecule has 0 bridgehead atoms. The lowest BCUT2D eigenvalue weighted by molar-refractivity contribution is -0.119. The Morgan fingerprint density at radius 2 is 2.29 bits per heavy atom. The SMILES string of the molecule is COc1ccc(C)cc1NC(=O)C(C)Cn1cc(Cl)cn1. The highest BCUT2D eigenvalue weighted by Crippen LogP contribution is 2.25. The number of hydrogen-bond acceptors (Lipinski definition) is 3. The molecule has 1 atom stereocenters. The molecular formula is C15H18ClN3O2. The average Bonchev–Trinajstić information content (AvgIpc) is 2.84. The Bertz CT molecular complexity index is 640. The van der Waals surface area contributed by atoms with E-state index in [0.717, 1.165) is 5.56 Å². The van der Waals surface area contributed by atoms with Gasteiger partial charge in [-0.15, -0.1) is 0 Å². The molecule has 0 saturated carbocycles. The maximum Gasteiger partial charge on any atom is 0.229 e. The van der Waals surface area contributed by atoms with Crippen LogP contribution in [0.15, 0.2) is 30.6 Å². The molecule has 0 aliphatic heterocycles. The van der Waals surface area contributed by atoms with E-state index in [-0.39, 0.29) is 11.8 Å². The van der Waals surface area contributed by atoms with Crippen molar-refractivity contribution in [3.8, 4) is 5.75 Å². The van der Waals surface area contributed by atoms with Crippen molar-refractivity contribution in [2.24, 2.45) is 5.92 Å². The van der Waals surface area contributed by atoms with Gasteiger partial charge in [0.05, 0.1) is 36.5 Å². The third-order valence-electron chi connectivity index (χ3n) is 3.12. The van der Waals surface area contributed by atoms with E-state index in [9.17, 15) is 4.79 Å². The smallest absolute Gasteiger partial charge is 0.229 e. The highest BCUT2D eigenvalue weighted by Gasteiger charge is 2.16. The molecule has 1 aromatic carbocycles. The van der Waals surface area contributed by atoms with E-state index in [1.807, 2.05) is 32.0 Å². The third-order valence-corrected chi connectivity index (χ3v) is 3.32. The zero-order chi connectivity index (χ0) is 15.4. The minimum absolute atomic E-state index is 0.0921. The molecule has 1 N–H and O–H groups in total. The van der Waals surface area contributed by atoms with Gasteiger partial charge < -0.3 is 10.1 Å². The van der Waals surface area contributed by atoms with Gasteiger partial charge >= 0.3 is 0 Å². The summed E-state index contributed by atoms with van der Waals surface area (Å²) >= 11 is 5.81. The number of carbonyl (C=O) groups excluding carboxylic acids is 1. The van der Waals surface area contributed by atoms with E-state index in [1.165, 1.54) is 0 Å². The van der Waals surface area contributed by atoms with Crippen molar-refractivity contribution in [3.63, 3.8) is 0 Å². The Kier molecular flexibility index (Phi) is 4.85. The lowest BCUT2D eigenvalue weighted by atomic mass is 10.1. The van der Waals surface area contributed by atoms with Crippen molar-refractivity contribution in [2.75, 3.05) is 12.4 Å². The highest BCUT2D eigenvalue weighted by molar-refractivity contribution is 6.30. The molecule has 0 aliphatic carbocycles. The van der Waals surface area contributed by atoms with E-state index in [0.29, 0.717) is 23.0 Å². The predicted octanol–water partition coefficient (Wildman–Crippen LogP) is 3.13. The van der Waals surface area contributed by atoms with Crippen molar-refractivity contribution < 1.29 is 9.53 Å². The molecule has 6 heteroatoms. The summed E-state index contributed by atoms with van der Waals surface area (Å²) in [7, 11) is 1.58. The van der Waals surface area contributed by atoms with Gasteiger partial charge in [-0.2, -0.15) is 5.10 Å². The molecule has 1 unspecified atom stereocenters. The maximum absolute atomic E-state index is 12.3. The van der Waals surface area contributed by atoms with E-state index in [2.05, 4.69) is 10.4 Å². The van der Waals surface area contributed by atoms with Crippen LogP contribution in [0.4, 0.5) is 5.69 Å². The Hall–Kier alpha value is -2.01. The molecule has 0 fully saturated rings. The average molecular weight is 308 g/mol. The quantitative estimate of drug-likeness (QED) is 0.923. The number of amides is 1. The number of anilines is 1. The fraction of sp³-hybridized carbons (Fsp3) is 0.333. The number of aromatic nitrogens is 2. The van der Waals surface area contributed by atoms with Crippen molar-refractivity contribution in [3.05, 3.63) is 41.2 Å². The Morgan fingerprint density at radius 1 is 1.52 bits per heavy atom. The number of nitrogens with one attached hydrogen (secondary N) is 1. The lowest BCUT2D eigenvalue weighted by Gasteiger charge is -2.15. The van der Waals surface area contributed by atoms with Crippen LogP contribution in [-0.4, -0.2) is 22.8 Å². The first-order valence-electron chi connectivity index (χ1n) is 6.63. The first-order chi connectivity index (χ1) is 9.99. The zero-order valence-corrected chi connectivity index (χ0v) is 13.0. The van der Waals surface area contributed by atoms with Crippen LogP contribution in [0.1, 0.15) is 12.5 Å². The zero-order valence-electron chi connectivity index (χ0n) is 12.3. The number of hydrogen-bond donors (Lipinski definition) is 1. The van der Waals surface area contributed by atoms with Gasteiger partial charge in [0.25, 0.3) is 0 Å². The van der Waals surface area contributed by atoms with Crippen LogP contribution in [0.3, 0.4) is 0 Å². The van der Waals surface area contributed by atoms with Crippen molar-refractivity contribution in [1.29, 1.82) is 0 Å². The number of halogens is 1. The number of nitrogens with zero attached hydrogens (tertiary/aromatic N) is 2. The van der Waals surface area contributed by atoms with Gasteiger partial charge in [-0.3, -0.25) is 9.48 Å². The summed E-state index contributed by atoms with van der Waals surface area (Å²) in [6, 6.07) is 5.65. The predicted molar refractivity (Wildman–Crippen MR) is 82.8 cm³/mol. The molecule has 0 saturated heterocycles. The lowest BCUT2D eigenvalue weighted by Crippen LogP contribution is -2.24. The molecule has 2 aromatic rings. The van der Waals surface area contributed by atoms with Gasteiger partial charge in [0, 0.05) is 6.20 Å². The van der Waals surface area contributed by atoms with Crippen molar-refractivity contribution in [2.45, 2.75) is 20.4 Å². The molecule has 21 heavy (non-hydrogen) atoms. The molecule has 5 nitrogen and oxygen atoms in total. The van der Waals surface area contributed by atoms with Gasteiger partial charge in [0.2, 0.25) is 5.91 Å². The number of aryl methyl sites for hydroxylation is 1. The highest BCUT2D eigenvalue weighted by atomic mass is 35.5. The fourth-order valence-corrected chi connectivity index (χ4v) is 2.13. The molecule has 0 radical (unpaired) electrons. The van der Waals surface area contributed by atoms with Crippen LogP contribution >= 0.6 is 11.6 Å². The second-order valence-electron chi connectivity index (χ2n) is 4.97. The number of ether oxygens (including phenoxy) is 1. The molecular weight excluding hydrogens is 290 g/mol. The van der Waals surface area contributed by atoms with E-state index >= 15 is 0 Å². The molecule has 0 spiro atoms. The second kappa shape index (κ2) is 6.63. The molecule has 1 heterocycles. The van der Waals surface area contributed by atoms with Crippen LogP contribution in [-0.2, 0) is 11.3 Å². The van der Waals surface area contributed by atoms with Crippen molar-refractivity contribution in [1.82, 2.24) is 9.78 Å². The Morgan fingerprint density at radius 3 is 2.90 bits per heavy atom. The Balaban J connectivity index is 2.05. The first-order valence-corrected chi connectivity index (χ1v) is 7.01. The topological polar surface area (TPSA) is 56.1 Å². The minimum Gasteiger partial charge on any atom is -0.495 e. The van der Waals surface area contributed by atoms with E-state index < -0.39 is 0 Å². The Labute approximate surface area is 128 Å². The summed E-state index contributed by atoms with van der Waals surface area (Å²) in [5.74, 6) is 0.306. The molecule has 2 rings (SSSR count). The molecule has 112 valence electrons. The summed E-state index contributed by atoms with van der Waals surface area (Å²) in [5.41, 5.74) is 1.73. The summed E-state index contributed by atoms with van der Waals surface area (Å²) in [6.45, 7) is 4.27. The van der Waals surface area contributed by atoms with Crippen LogP contribution in [0, 0.1) is 12.8 Å². The number of benzene rings is 1. The largest absolute Gasteiger partial charge is 0.495 e. The van der Waals surface area contributed by atoms with Crippen LogP contribution < -0.4 is 10.1 Å². The third kappa shape index (κ3) is 3.98. The van der Waals surface area contributed by atoms with Gasteiger partial charge in [0.15, 0.2) is 0 Å². The monoisotopic (exact) mass is 307 g/mol. The van der Waals surface area contributed by atoms with Crippen LogP contribution in [0.2, 0.25) is 5.02 Å². The summed E-state index contributed by atoms with van der Waals surface area (Å²) in [6.07, 6.45) is 3.24. The van der Waals surface area contributed by atoms with Gasteiger partial charge in [-0.1, -0.05) is 24.6 Å². The summed E-state index contributed by atoms with van der Waals surface area (Å²) in [4.78, 5) is 12.3. The maximum atomic E-state index is 12.3. The fourth-order valence-electron chi connectivity index (χ4n) is 1.98. The normalized spacial score (nSPS) is 12.0. The van der Waals surface area contributed by atoms with E-state index in [1.54, 1.807) is 24.2 Å².